The zero-order valence-electron chi connectivity index (χ0n) is 11.2. The Kier molecular flexibility index (Phi) is 4.98. The van der Waals surface area contributed by atoms with E-state index in [1.54, 1.807) is 11.1 Å². The third-order valence-electron chi connectivity index (χ3n) is 3.06. The van der Waals surface area contributed by atoms with Crippen LogP contribution in [0.15, 0.2) is 21.6 Å². The largest absolute Gasteiger partial charge is 0.447 e. The van der Waals surface area contributed by atoms with Gasteiger partial charge in [0, 0.05) is 13.1 Å². The van der Waals surface area contributed by atoms with E-state index in [9.17, 15) is 8.42 Å². The van der Waals surface area contributed by atoms with Crippen LogP contribution in [0.5, 0.6) is 0 Å². The van der Waals surface area contributed by atoms with Gasteiger partial charge >= 0.3 is 0 Å². The van der Waals surface area contributed by atoms with Crippen LogP contribution in [-0.2, 0) is 16.6 Å². The van der Waals surface area contributed by atoms with Gasteiger partial charge in [0.15, 0.2) is 0 Å². The van der Waals surface area contributed by atoms with Crippen molar-refractivity contribution in [3.63, 3.8) is 0 Å². The van der Waals surface area contributed by atoms with Crippen LogP contribution < -0.4 is 10.1 Å². The first-order valence-corrected chi connectivity index (χ1v) is 8.17. The molecule has 2 heterocycles. The third kappa shape index (κ3) is 4.04. The maximum atomic E-state index is 12.1. The summed E-state index contributed by atoms with van der Waals surface area (Å²) in [5.41, 5.74) is 0. The first kappa shape index (κ1) is 14.5. The van der Waals surface area contributed by atoms with E-state index in [1.165, 1.54) is 6.07 Å². The highest BCUT2D eigenvalue weighted by atomic mass is 32.2. The fraction of sp³-hybridized carbons (Fsp3) is 0.667. The van der Waals surface area contributed by atoms with E-state index in [-0.39, 0.29) is 5.09 Å². The molecular formula is C12H21N3O3S. The van der Waals surface area contributed by atoms with Crippen molar-refractivity contribution in [3.8, 4) is 0 Å². The van der Waals surface area contributed by atoms with Gasteiger partial charge in [0.2, 0.25) is 5.09 Å². The van der Waals surface area contributed by atoms with E-state index >= 15 is 0 Å². The summed E-state index contributed by atoms with van der Waals surface area (Å²) in [6.07, 6.45) is 3.20. The third-order valence-corrected chi connectivity index (χ3v) is 4.30. The molecule has 0 unspecified atom stereocenters. The minimum atomic E-state index is -3.58. The van der Waals surface area contributed by atoms with Crippen LogP contribution in [0.1, 0.15) is 31.9 Å². The van der Waals surface area contributed by atoms with Gasteiger partial charge in [0.05, 0.1) is 6.54 Å². The van der Waals surface area contributed by atoms with Crippen molar-refractivity contribution in [3.05, 3.63) is 17.9 Å². The van der Waals surface area contributed by atoms with Gasteiger partial charge in [-0.3, -0.25) is 0 Å². The van der Waals surface area contributed by atoms with Crippen molar-refractivity contribution < 1.29 is 12.8 Å². The highest BCUT2D eigenvalue weighted by Crippen LogP contribution is 2.15. The number of nitrogens with zero attached hydrogens (tertiary/aromatic N) is 1. The topological polar surface area (TPSA) is 74.6 Å². The average Bonchev–Trinajstić information content (AvgIpc) is 2.86. The van der Waals surface area contributed by atoms with Gasteiger partial charge in [-0.1, -0.05) is 13.3 Å². The summed E-state index contributed by atoms with van der Waals surface area (Å²) in [4.78, 5) is 2.57. The van der Waals surface area contributed by atoms with E-state index in [4.69, 9.17) is 4.42 Å². The Hall–Kier alpha value is -0.890. The number of rotatable bonds is 6. The summed E-state index contributed by atoms with van der Waals surface area (Å²) in [7, 11) is -3.58. The molecule has 2 N–H and O–H groups in total. The highest BCUT2D eigenvalue weighted by molar-refractivity contribution is 7.89. The van der Waals surface area contributed by atoms with Gasteiger partial charge in [-0.25, -0.2) is 13.4 Å². The maximum Gasteiger partial charge on any atom is 0.286 e. The lowest BCUT2D eigenvalue weighted by atomic mass is 10.2. The molecule has 0 amide bonds. The zero-order valence-corrected chi connectivity index (χ0v) is 12.0. The standard InChI is InChI=1S/C12H21N3O3S/c1-2-13-10-11-6-7-12(18-11)19(16,17)14-15-8-4-3-5-9-15/h6-7,13-14H,2-5,8-10H2,1H3. The second-order valence-electron chi connectivity index (χ2n) is 4.64. The Morgan fingerprint density at radius 1 is 1.26 bits per heavy atom. The highest BCUT2D eigenvalue weighted by Gasteiger charge is 2.22. The number of hydrogen-bond acceptors (Lipinski definition) is 5. The fourth-order valence-corrected chi connectivity index (χ4v) is 3.12. The minimum absolute atomic E-state index is 0.0222. The number of hydrazine groups is 1. The summed E-state index contributed by atoms with van der Waals surface area (Å²) in [5, 5.41) is 4.81. The van der Waals surface area contributed by atoms with Gasteiger partial charge < -0.3 is 9.73 Å². The van der Waals surface area contributed by atoms with Crippen LogP contribution in [0.25, 0.3) is 0 Å². The first-order chi connectivity index (χ1) is 9.12. The molecule has 1 fully saturated rings. The number of furan rings is 1. The van der Waals surface area contributed by atoms with E-state index in [2.05, 4.69) is 10.1 Å². The normalized spacial score (nSPS) is 17.7. The molecule has 0 bridgehead atoms. The number of nitrogens with one attached hydrogen (secondary N) is 2. The molecule has 6 nitrogen and oxygen atoms in total. The van der Waals surface area contributed by atoms with Crippen LogP contribution in [0, 0.1) is 0 Å². The van der Waals surface area contributed by atoms with E-state index in [0.717, 1.165) is 38.9 Å². The van der Waals surface area contributed by atoms with Crippen molar-refractivity contribution in [2.45, 2.75) is 37.8 Å². The molecule has 19 heavy (non-hydrogen) atoms. The van der Waals surface area contributed by atoms with Crippen LogP contribution in [0.3, 0.4) is 0 Å². The van der Waals surface area contributed by atoms with Crippen molar-refractivity contribution in [1.29, 1.82) is 0 Å². The Morgan fingerprint density at radius 2 is 2.00 bits per heavy atom. The monoisotopic (exact) mass is 287 g/mol. The van der Waals surface area contributed by atoms with E-state index in [1.807, 2.05) is 6.92 Å². The van der Waals surface area contributed by atoms with Gasteiger partial charge in [0.25, 0.3) is 10.0 Å². The molecule has 1 aliphatic rings. The fourth-order valence-electron chi connectivity index (χ4n) is 2.05. The van der Waals surface area contributed by atoms with E-state index < -0.39 is 10.0 Å². The molecule has 0 saturated carbocycles. The molecule has 0 atom stereocenters. The molecule has 0 radical (unpaired) electrons. The quantitative estimate of drug-likeness (QED) is 0.818. The van der Waals surface area contributed by atoms with Crippen molar-refractivity contribution in [2.24, 2.45) is 0 Å². The molecule has 1 aliphatic heterocycles. The van der Waals surface area contributed by atoms with Crippen LogP contribution >= 0.6 is 0 Å². The molecule has 0 aromatic carbocycles. The van der Waals surface area contributed by atoms with Gasteiger partial charge in [-0.15, -0.1) is 4.83 Å². The Morgan fingerprint density at radius 3 is 2.68 bits per heavy atom. The summed E-state index contributed by atoms with van der Waals surface area (Å²) in [6, 6.07) is 3.19. The maximum absolute atomic E-state index is 12.1. The predicted octanol–water partition coefficient (Wildman–Crippen LogP) is 1.07. The van der Waals surface area contributed by atoms with Crippen LogP contribution in [0.4, 0.5) is 0 Å². The lowest BCUT2D eigenvalue weighted by molar-refractivity contribution is 0.198. The smallest absolute Gasteiger partial charge is 0.286 e. The summed E-state index contributed by atoms with van der Waals surface area (Å²) >= 11 is 0. The average molecular weight is 287 g/mol. The molecule has 2 rings (SSSR count). The Labute approximate surface area is 114 Å². The molecular weight excluding hydrogens is 266 g/mol. The molecule has 1 saturated heterocycles. The van der Waals surface area contributed by atoms with Crippen LogP contribution in [0.2, 0.25) is 0 Å². The molecule has 1 aromatic heterocycles. The number of hydrogen-bond donors (Lipinski definition) is 2. The molecule has 1 aromatic rings. The molecule has 108 valence electrons. The molecule has 0 aliphatic carbocycles. The second-order valence-corrected chi connectivity index (χ2v) is 6.24. The van der Waals surface area contributed by atoms with E-state index in [0.29, 0.717) is 12.3 Å². The Bertz CT molecular complexity index is 492. The van der Waals surface area contributed by atoms with Gasteiger partial charge in [-0.2, -0.15) is 0 Å². The summed E-state index contributed by atoms with van der Waals surface area (Å²) < 4.78 is 29.6. The van der Waals surface area contributed by atoms with Crippen molar-refractivity contribution >= 4 is 10.0 Å². The Balaban J connectivity index is 1.99. The number of sulfonamides is 1. The zero-order chi connectivity index (χ0) is 13.7. The second kappa shape index (κ2) is 6.51. The van der Waals surface area contributed by atoms with Gasteiger partial charge in [-0.05, 0) is 31.5 Å². The predicted molar refractivity (Wildman–Crippen MR) is 71.8 cm³/mol. The lowest BCUT2D eigenvalue weighted by Gasteiger charge is -2.25. The summed E-state index contributed by atoms with van der Waals surface area (Å²) in [5.74, 6) is 0.626. The summed E-state index contributed by atoms with van der Waals surface area (Å²) in [6.45, 7) is 4.84. The van der Waals surface area contributed by atoms with Crippen LogP contribution in [-0.4, -0.2) is 33.1 Å². The first-order valence-electron chi connectivity index (χ1n) is 6.68. The minimum Gasteiger partial charge on any atom is -0.447 e. The number of piperidine rings is 1. The van der Waals surface area contributed by atoms with Gasteiger partial charge in [0.1, 0.15) is 5.76 Å². The molecule has 0 spiro atoms. The van der Waals surface area contributed by atoms with Crippen molar-refractivity contribution in [2.75, 3.05) is 19.6 Å². The molecule has 7 heteroatoms. The van der Waals surface area contributed by atoms with Crippen molar-refractivity contribution in [1.82, 2.24) is 15.2 Å². The SMILES string of the molecule is CCNCc1ccc(S(=O)(=O)NN2CCCCC2)o1. The lowest BCUT2D eigenvalue weighted by Crippen LogP contribution is -2.44.